The molecule has 0 rings (SSSR count). The van der Waals surface area contributed by atoms with Gasteiger partial charge in [-0.25, -0.2) is 0 Å². The molecule has 54 valence electrons. The maximum atomic E-state index is 0. The minimum atomic E-state index is 0. The first-order valence-corrected chi connectivity index (χ1v) is 0. The fourth-order valence-corrected chi connectivity index (χ4v) is 0. The van der Waals surface area contributed by atoms with E-state index in [4.69, 9.17) is 0 Å². The maximum absolute atomic E-state index is 0. The van der Waals surface area contributed by atoms with Gasteiger partial charge in [-0.05, 0) is 0 Å². The molecule has 0 radical (unpaired) electrons. The summed E-state index contributed by atoms with van der Waals surface area (Å²) in [4.78, 5) is 0. The van der Waals surface area contributed by atoms with E-state index in [1.807, 2.05) is 0 Å². The second-order valence-electron chi connectivity index (χ2n) is 0. The van der Waals surface area contributed by atoms with Gasteiger partial charge in [0.15, 0.2) is 0 Å². The third-order valence-electron chi connectivity index (χ3n) is 0. The Morgan fingerprint density at radius 3 is 0.429 bits per heavy atom. The molecule has 0 atom stereocenters. The van der Waals surface area contributed by atoms with E-state index in [9.17, 15) is 0 Å². The summed E-state index contributed by atoms with van der Waals surface area (Å²) in [6.45, 7) is 0. The molecule has 7 heteroatoms. The van der Waals surface area contributed by atoms with Crippen LogP contribution in [0.25, 0.3) is 0 Å². The van der Waals surface area contributed by atoms with Gasteiger partial charge in [-0.2, -0.15) is 0 Å². The Kier molecular flexibility index (Phi) is 210000. The van der Waals surface area contributed by atoms with Crippen molar-refractivity contribution in [3.8, 4) is 0 Å². The summed E-state index contributed by atoms with van der Waals surface area (Å²) in [5.74, 6) is 0. The van der Waals surface area contributed by atoms with E-state index in [0.29, 0.717) is 0 Å². The zero-order valence-electron chi connectivity index (χ0n) is 3.62. The van der Waals surface area contributed by atoms with Gasteiger partial charge in [0.1, 0.15) is 0 Å². The molecule has 0 bridgehead atoms. The summed E-state index contributed by atoms with van der Waals surface area (Å²) in [5.41, 5.74) is 0. The molecule has 7 heavy (non-hydrogen) atoms. The molecule has 0 heterocycles. The third-order valence-corrected chi connectivity index (χ3v) is 0. The molecular weight excluding hydrogens is 278 g/mol. The molecule has 0 aromatic rings. The molecule has 0 aliphatic carbocycles. The monoisotopic (exact) mass is 291 g/mol. The van der Waals surface area contributed by atoms with Crippen molar-refractivity contribution in [3.63, 3.8) is 0 Å². The molecule has 0 aliphatic rings. The maximum Gasteiger partial charge on any atom is 0 e. The predicted octanol–water partition coefficient (Wildman–Crippen LogP) is -3.96. The summed E-state index contributed by atoms with van der Waals surface area (Å²) in [6.07, 6.45) is 0. The topological polar surface area (TPSA) is 192 Å². The normalized spacial score (nSPS) is 0. The van der Waals surface area contributed by atoms with E-state index in [2.05, 4.69) is 0 Å². The van der Waals surface area contributed by atoms with Crippen LogP contribution in [0.2, 0.25) is 0 Å². The van der Waals surface area contributed by atoms with Gasteiger partial charge >= 0.3 is 0 Å². The van der Waals surface area contributed by atoms with Crippen molar-refractivity contribution in [2.45, 2.75) is 0 Å². The zero-order chi connectivity index (χ0) is 0. The molecule has 0 aliphatic heterocycles. The molecule has 0 aromatic heterocycles. The Morgan fingerprint density at radius 1 is 0.429 bits per heavy atom. The Morgan fingerprint density at radius 2 is 0.429 bits per heavy atom. The van der Waals surface area contributed by atoms with Crippen LogP contribution in [0.5, 0.6) is 0 Å². The van der Waals surface area contributed by atoms with Crippen LogP contribution in [-0.4, -0.2) is 27.4 Å². The SMILES string of the molecule is N.O.O.O.O.O.[W]. The minimum Gasteiger partial charge on any atom is -0.412 e. The van der Waals surface area contributed by atoms with E-state index in [-0.39, 0.29) is 54.6 Å². The van der Waals surface area contributed by atoms with E-state index < -0.39 is 0 Å². The first-order valence-electron chi connectivity index (χ1n) is 0. The number of hydrogen-bond donors (Lipinski definition) is 1. The van der Waals surface area contributed by atoms with E-state index in [1.54, 1.807) is 0 Å². The van der Waals surface area contributed by atoms with Gasteiger partial charge in [-0.15, -0.1) is 0 Å². The van der Waals surface area contributed by atoms with E-state index in [0.717, 1.165) is 0 Å². The van der Waals surface area contributed by atoms with Gasteiger partial charge in [0, 0.05) is 21.1 Å². The largest absolute Gasteiger partial charge is 0.412 e. The van der Waals surface area contributed by atoms with Gasteiger partial charge in [-0.1, -0.05) is 0 Å². The molecule has 0 saturated heterocycles. The second kappa shape index (κ2) is 952. The van der Waals surface area contributed by atoms with Crippen molar-refractivity contribution in [1.82, 2.24) is 6.15 Å². The van der Waals surface area contributed by atoms with Crippen LogP contribution in [0.3, 0.4) is 0 Å². The molecule has 0 fully saturated rings. The van der Waals surface area contributed by atoms with Gasteiger partial charge < -0.3 is 33.5 Å². The quantitative estimate of drug-likeness (QED) is 0.467. The average Bonchev–Trinajstić information content (AvgIpc) is 0. The van der Waals surface area contributed by atoms with Crippen molar-refractivity contribution < 1.29 is 48.4 Å². The molecule has 0 spiro atoms. The van der Waals surface area contributed by atoms with E-state index >= 15 is 0 Å². The van der Waals surface area contributed by atoms with Crippen LogP contribution >= 0.6 is 0 Å². The summed E-state index contributed by atoms with van der Waals surface area (Å²) in [5, 5.41) is 0. The van der Waals surface area contributed by atoms with Crippen LogP contribution in [0.1, 0.15) is 0 Å². The fraction of sp³-hybridized carbons (Fsp3) is 0. The smallest absolute Gasteiger partial charge is 0 e. The molecule has 13 N–H and O–H groups in total. The van der Waals surface area contributed by atoms with Crippen molar-refractivity contribution in [2.75, 3.05) is 0 Å². The first-order chi connectivity index (χ1) is 0. The minimum absolute atomic E-state index is 0. The summed E-state index contributed by atoms with van der Waals surface area (Å²) < 4.78 is 0. The van der Waals surface area contributed by atoms with Gasteiger partial charge in [0.25, 0.3) is 0 Å². The Hall–Kier alpha value is 0.448. The van der Waals surface area contributed by atoms with Crippen LogP contribution in [0, 0.1) is 0 Å². The third kappa shape index (κ3) is 635. The Labute approximate surface area is 55.3 Å². The van der Waals surface area contributed by atoms with Crippen molar-refractivity contribution in [1.29, 1.82) is 0 Å². The summed E-state index contributed by atoms with van der Waals surface area (Å²) in [6, 6.07) is 0. The predicted molar refractivity (Wildman–Crippen MR) is 23.1 cm³/mol. The Bertz CT molecular complexity index is 8.04. The summed E-state index contributed by atoms with van der Waals surface area (Å²) in [7, 11) is 0. The van der Waals surface area contributed by atoms with Crippen LogP contribution in [-0.2, 0) is 21.1 Å². The number of hydrogen-bond acceptors (Lipinski definition) is 1. The molecule has 6 nitrogen and oxygen atoms in total. The van der Waals surface area contributed by atoms with Crippen molar-refractivity contribution in [3.05, 3.63) is 0 Å². The fourth-order valence-electron chi connectivity index (χ4n) is 0. The van der Waals surface area contributed by atoms with Crippen LogP contribution in [0.15, 0.2) is 0 Å². The van der Waals surface area contributed by atoms with E-state index in [1.165, 1.54) is 0 Å². The van der Waals surface area contributed by atoms with Gasteiger partial charge in [-0.3, -0.25) is 0 Å². The van der Waals surface area contributed by atoms with Gasteiger partial charge in [0.05, 0.1) is 0 Å². The first kappa shape index (κ1) is 1540. The van der Waals surface area contributed by atoms with Crippen molar-refractivity contribution in [2.24, 2.45) is 0 Å². The molecule has 0 amide bonds. The van der Waals surface area contributed by atoms with Crippen LogP contribution < -0.4 is 6.15 Å². The standard InChI is InChI=1S/H3N.5H2O.W/h1H3;5*1H2;. The summed E-state index contributed by atoms with van der Waals surface area (Å²) >= 11 is 0. The Balaban J connectivity index is 0. The van der Waals surface area contributed by atoms with Crippen molar-refractivity contribution >= 4 is 0 Å². The second-order valence-corrected chi connectivity index (χ2v) is 0. The molecular formula is H13NO5W. The molecule has 0 aromatic carbocycles. The molecule has 0 unspecified atom stereocenters. The zero-order valence-corrected chi connectivity index (χ0v) is 6.55. The average molecular weight is 291 g/mol. The number of rotatable bonds is 0. The van der Waals surface area contributed by atoms with Gasteiger partial charge in [0.2, 0.25) is 0 Å². The van der Waals surface area contributed by atoms with Crippen LogP contribution in [0.4, 0.5) is 0 Å². The molecule has 0 saturated carbocycles.